The van der Waals surface area contributed by atoms with Crippen LogP contribution in [0.2, 0.25) is 0 Å². The van der Waals surface area contributed by atoms with Crippen molar-refractivity contribution in [3.8, 4) is 0 Å². The Kier molecular flexibility index (Phi) is 3.16. The molecule has 17 heavy (non-hydrogen) atoms. The second kappa shape index (κ2) is 4.60. The summed E-state index contributed by atoms with van der Waals surface area (Å²) in [5.41, 5.74) is 8.51. The predicted octanol–water partition coefficient (Wildman–Crippen LogP) is -0.472. The van der Waals surface area contributed by atoms with Gasteiger partial charge in [-0.1, -0.05) is 0 Å². The molecule has 1 aromatic rings. The zero-order valence-corrected chi connectivity index (χ0v) is 9.23. The Labute approximate surface area is 98.4 Å². The Bertz CT molecular complexity index is 444. The number of aliphatic hydroxyl groups excluding tert-OH is 2. The number of nitrogens with one attached hydrogen (secondary N) is 2. The van der Waals surface area contributed by atoms with E-state index in [1.165, 1.54) is 0 Å². The summed E-state index contributed by atoms with van der Waals surface area (Å²) in [6.45, 7) is -0.390. The first-order chi connectivity index (χ1) is 8.13. The van der Waals surface area contributed by atoms with Crippen molar-refractivity contribution in [3.05, 3.63) is 17.7 Å². The summed E-state index contributed by atoms with van der Waals surface area (Å²) in [6.07, 6.45) is 0.337. The summed E-state index contributed by atoms with van der Waals surface area (Å²) in [5.74, 6) is -0.0579. The van der Waals surface area contributed by atoms with Crippen LogP contribution < -0.4 is 16.4 Å². The minimum absolute atomic E-state index is 0.0579. The zero-order chi connectivity index (χ0) is 12.4. The van der Waals surface area contributed by atoms with Crippen LogP contribution in [0.1, 0.15) is 5.56 Å². The first-order valence-electron chi connectivity index (χ1n) is 5.34. The molecule has 0 spiro atoms. The van der Waals surface area contributed by atoms with Gasteiger partial charge in [0.25, 0.3) is 0 Å². The topological polar surface area (TPSA) is 108 Å². The summed E-state index contributed by atoms with van der Waals surface area (Å²) < 4.78 is 0. The van der Waals surface area contributed by atoms with Gasteiger partial charge in [-0.15, -0.1) is 0 Å². The first-order valence-corrected chi connectivity index (χ1v) is 5.34. The van der Waals surface area contributed by atoms with Crippen LogP contribution in [-0.2, 0) is 11.2 Å². The molecule has 0 fully saturated rings. The molecule has 92 valence electrons. The third-order valence-electron chi connectivity index (χ3n) is 2.70. The van der Waals surface area contributed by atoms with Crippen molar-refractivity contribution in [2.24, 2.45) is 0 Å². The lowest BCUT2D eigenvalue weighted by Crippen LogP contribution is -2.28. The Morgan fingerprint density at radius 2 is 2.12 bits per heavy atom. The fourth-order valence-electron chi connectivity index (χ4n) is 1.79. The van der Waals surface area contributed by atoms with Crippen LogP contribution in [0.3, 0.4) is 0 Å². The maximum Gasteiger partial charge on any atom is 0.228 e. The van der Waals surface area contributed by atoms with E-state index in [-0.39, 0.29) is 19.1 Å². The zero-order valence-electron chi connectivity index (χ0n) is 9.23. The number of nitrogen functional groups attached to an aromatic ring is 1. The van der Waals surface area contributed by atoms with E-state index < -0.39 is 6.04 Å². The summed E-state index contributed by atoms with van der Waals surface area (Å²) in [5, 5.41) is 23.6. The van der Waals surface area contributed by atoms with Crippen molar-refractivity contribution in [3.63, 3.8) is 0 Å². The van der Waals surface area contributed by atoms with E-state index in [4.69, 9.17) is 15.9 Å². The second-order valence-corrected chi connectivity index (χ2v) is 4.03. The quantitative estimate of drug-likeness (QED) is 0.455. The number of nitrogens with two attached hydrogens (primary N) is 1. The molecule has 0 unspecified atom stereocenters. The molecule has 1 aliphatic heterocycles. The number of benzene rings is 1. The van der Waals surface area contributed by atoms with Crippen molar-refractivity contribution in [2.45, 2.75) is 12.5 Å². The van der Waals surface area contributed by atoms with Crippen molar-refractivity contribution >= 4 is 23.0 Å². The molecule has 0 aliphatic carbocycles. The number of hydrogen-bond acceptors (Lipinski definition) is 5. The van der Waals surface area contributed by atoms with Gasteiger partial charge >= 0.3 is 0 Å². The molecule has 0 atom stereocenters. The molecular formula is C11H15N3O3. The highest BCUT2D eigenvalue weighted by atomic mass is 16.3. The predicted molar refractivity (Wildman–Crippen MR) is 64.8 cm³/mol. The Morgan fingerprint density at radius 3 is 2.76 bits per heavy atom. The average molecular weight is 237 g/mol. The molecule has 1 amide bonds. The number of carbonyl (C=O) groups is 1. The molecule has 0 bridgehead atoms. The average Bonchev–Trinajstić information content (AvgIpc) is 2.65. The standard InChI is InChI=1S/C11H15N3O3/c12-8-1-6-2-11(17)14-9(6)3-10(8)13-7(4-15)5-16/h1,3,7,13,15-16H,2,4-5,12H2,(H,14,17). The third-order valence-corrected chi connectivity index (χ3v) is 2.70. The third kappa shape index (κ3) is 2.32. The SMILES string of the molecule is Nc1cc2c(cc1NC(CO)CO)NC(=O)C2. The van der Waals surface area contributed by atoms with E-state index in [0.29, 0.717) is 17.8 Å². The van der Waals surface area contributed by atoms with Crippen molar-refractivity contribution in [2.75, 3.05) is 29.6 Å². The molecule has 6 N–H and O–H groups in total. The fraction of sp³-hybridized carbons (Fsp3) is 0.364. The number of hydrogen-bond donors (Lipinski definition) is 5. The van der Waals surface area contributed by atoms with Gasteiger partial charge in [0, 0.05) is 5.69 Å². The minimum Gasteiger partial charge on any atom is -0.397 e. The lowest BCUT2D eigenvalue weighted by atomic mass is 10.1. The van der Waals surface area contributed by atoms with E-state index in [9.17, 15) is 4.79 Å². The number of rotatable bonds is 4. The van der Waals surface area contributed by atoms with E-state index in [2.05, 4.69) is 10.6 Å². The van der Waals surface area contributed by atoms with Gasteiger partial charge < -0.3 is 26.6 Å². The Balaban J connectivity index is 2.24. The number of aliphatic hydroxyl groups is 2. The Morgan fingerprint density at radius 1 is 1.41 bits per heavy atom. The summed E-state index contributed by atoms with van der Waals surface area (Å²) in [4.78, 5) is 11.2. The van der Waals surface area contributed by atoms with E-state index >= 15 is 0 Å². The summed E-state index contributed by atoms with van der Waals surface area (Å²) in [7, 11) is 0. The first kappa shape index (κ1) is 11.7. The van der Waals surface area contributed by atoms with Gasteiger partial charge in [0.2, 0.25) is 5.91 Å². The van der Waals surface area contributed by atoms with Crippen LogP contribution in [-0.4, -0.2) is 35.4 Å². The van der Waals surface area contributed by atoms with Crippen LogP contribution in [0.15, 0.2) is 12.1 Å². The summed E-state index contributed by atoms with van der Waals surface area (Å²) in [6, 6.07) is 2.97. The highest BCUT2D eigenvalue weighted by Crippen LogP contribution is 2.31. The molecule has 1 heterocycles. The van der Waals surface area contributed by atoms with Crippen LogP contribution >= 0.6 is 0 Å². The van der Waals surface area contributed by atoms with Crippen molar-refractivity contribution < 1.29 is 15.0 Å². The van der Waals surface area contributed by atoms with Crippen LogP contribution in [0.25, 0.3) is 0 Å². The van der Waals surface area contributed by atoms with Gasteiger partial charge in [0.1, 0.15) is 0 Å². The van der Waals surface area contributed by atoms with Gasteiger partial charge in [-0.05, 0) is 17.7 Å². The largest absolute Gasteiger partial charge is 0.397 e. The molecule has 2 rings (SSSR count). The van der Waals surface area contributed by atoms with Crippen LogP contribution in [0.4, 0.5) is 17.1 Å². The molecular weight excluding hydrogens is 222 g/mol. The van der Waals surface area contributed by atoms with Gasteiger partial charge in [0.15, 0.2) is 0 Å². The van der Waals surface area contributed by atoms with Gasteiger partial charge in [-0.25, -0.2) is 0 Å². The fourth-order valence-corrected chi connectivity index (χ4v) is 1.79. The monoisotopic (exact) mass is 237 g/mol. The van der Waals surface area contributed by atoms with Crippen molar-refractivity contribution in [1.82, 2.24) is 0 Å². The highest BCUT2D eigenvalue weighted by Gasteiger charge is 2.20. The van der Waals surface area contributed by atoms with Gasteiger partial charge in [-0.3, -0.25) is 4.79 Å². The molecule has 6 nitrogen and oxygen atoms in total. The highest BCUT2D eigenvalue weighted by molar-refractivity contribution is 6.00. The van der Waals surface area contributed by atoms with E-state index in [0.717, 1.165) is 11.3 Å². The molecule has 0 saturated carbocycles. The molecule has 0 saturated heterocycles. The molecule has 6 heteroatoms. The maximum atomic E-state index is 11.2. The van der Waals surface area contributed by atoms with Gasteiger partial charge in [0.05, 0.1) is 37.1 Å². The normalized spacial score (nSPS) is 13.7. The number of anilines is 3. The number of fused-ring (bicyclic) bond motifs is 1. The van der Waals surface area contributed by atoms with Gasteiger partial charge in [-0.2, -0.15) is 0 Å². The van der Waals surface area contributed by atoms with Crippen molar-refractivity contribution in [1.29, 1.82) is 0 Å². The molecule has 0 aromatic heterocycles. The lowest BCUT2D eigenvalue weighted by Gasteiger charge is -2.17. The number of carbonyl (C=O) groups excluding carboxylic acids is 1. The minimum atomic E-state index is -0.465. The summed E-state index contributed by atoms with van der Waals surface area (Å²) >= 11 is 0. The van der Waals surface area contributed by atoms with Crippen LogP contribution in [0, 0.1) is 0 Å². The number of amides is 1. The lowest BCUT2D eigenvalue weighted by molar-refractivity contribution is -0.115. The smallest absolute Gasteiger partial charge is 0.228 e. The second-order valence-electron chi connectivity index (χ2n) is 4.03. The maximum absolute atomic E-state index is 11.2. The Hall–Kier alpha value is -1.79. The molecule has 1 aromatic carbocycles. The molecule has 0 radical (unpaired) electrons. The van der Waals surface area contributed by atoms with E-state index in [1.54, 1.807) is 12.1 Å². The van der Waals surface area contributed by atoms with Crippen LogP contribution in [0.5, 0.6) is 0 Å². The molecule has 1 aliphatic rings. The van der Waals surface area contributed by atoms with E-state index in [1.807, 2.05) is 0 Å².